The molecule has 0 aliphatic rings. The second kappa shape index (κ2) is 5.63. The van der Waals surface area contributed by atoms with E-state index < -0.39 is 5.92 Å². The molecule has 0 aliphatic heterocycles. The molecule has 1 rings (SSSR count). The molecule has 1 aromatic rings. The van der Waals surface area contributed by atoms with E-state index >= 15 is 0 Å². The summed E-state index contributed by atoms with van der Waals surface area (Å²) in [6.07, 6.45) is 0.0827. The lowest BCUT2D eigenvalue weighted by Crippen LogP contribution is -2.41. The number of nitriles is 1. The number of nitrogens with one attached hydrogen (secondary N) is 1. The maximum atomic E-state index is 12.8. The van der Waals surface area contributed by atoms with Crippen molar-refractivity contribution in [1.82, 2.24) is 5.32 Å². The number of amides is 1. The van der Waals surface area contributed by atoms with Gasteiger partial charge in [0.1, 0.15) is 5.82 Å². The van der Waals surface area contributed by atoms with Gasteiger partial charge in [-0.05, 0) is 38.5 Å². The van der Waals surface area contributed by atoms with Crippen LogP contribution in [0.15, 0.2) is 24.3 Å². The SMILES string of the molecule is CC(C)(C)NC(=O)CC(C#N)c1ccc(F)cc1. The maximum Gasteiger partial charge on any atom is 0.222 e. The van der Waals surface area contributed by atoms with Gasteiger partial charge in [-0.3, -0.25) is 4.79 Å². The van der Waals surface area contributed by atoms with Crippen LogP contribution in [0.5, 0.6) is 0 Å². The monoisotopic (exact) mass is 248 g/mol. The highest BCUT2D eigenvalue weighted by atomic mass is 19.1. The molecule has 1 aromatic carbocycles. The average Bonchev–Trinajstić information content (AvgIpc) is 2.25. The highest BCUT2D eigenvalue weighted by molar-refractivity contribution is 5.78. The predicted octanol–water partition coefficient (Wildman–Crippen LogP) is 2.74. The lowest BCUT2D eigenvalue weighted by molar-refractivity contribution is -0.122. The van der Waals surface area contributed by atoms with Gasteiger partial charge in [0.2, 0.25) is 5.91 Å². The minimum atomic E-state index is -0.548. The van der Waals surface area contributed by atoms with Gasteiger partial charge in [-0.15, -0.1) is 0 Å². The summed E-state index contributed by atoms with van der Waals surface area (Å²) in [6.45, 7) is 5.64. The molecule has 0 saturated carbocycles. The molecular formula is C14H17FN2O. The normalized spacial score (nSPS) is 12.6. The predicted molar refractivity (Wildman–Crippen MR) is 67.3 cm³/mol. The van der Waals surface area contributed by atoms with Gasteiger partial charge in [-0.2, -0.15) is 5.26 Å². The Balaban J connectivity index is 2.72. The van der Waals surface area contributed by atoms with Gasteiger partial charge in [0.25, 0.3) is 0 Å². The van der Waals surface area contributed by atoms with Crippen LogP contribution in [0.1, 0.15) is 38.7 Å². The lowest BCUT2D eigenvalue weighted by Gasteiger charge is -2.21. The Hall–Kier alpha value is -1.89. The van der Waals surface area contributed by atoms with Gasteiger partial charge in [0, 0.05) is 12.0 Å². The van der Waals surface area contributed by atoms with E-state index in [-0.39, 0.29) is 23.7 Å². The van der Waals surface area contributed by atoms with Crippen molar-refractivity contribution in [2.24, 2.45) is 0 Å². The standard InChI is InChI=1S/C14H17FN2O/c1-14(2,3)17-13(18)8-11(9-16)10-4-6-12(15)7-5-10/h4-7,11H,8H2,1-3H3,(H,17,18). The average molecular weight is 248 g/mol. The molecule has 1 N–H and O–H groups in total. The molecular weight excluding hydrogens is 231 g/mol. The van der Waals surface area contributed by atoms with Crippen molar-refractivity contribution >= 4 is 5.91 Å². The number of benzene rings is 1. The summed E-state index contributed by atoms with van der Waals surface area (Å²) in [6, 6.07) is 7.73. The summed E-state index contributed by atoms with van der Waals surface area (Å²) in [7, 11) is 0. The Labute approximate surface area is 107 Å². The molecule has 3 nitrogen and oxygen atoms in total. The zero-order valence-corrected chi connectivity index (χ0v) is 10.8. The zero-order valence-electron chi connectivity index (χ0n) is 10.8. The molecule has 0 radical (unpaired) electrons. The van der Waals surface area contributed by atoms with Crippen molar-refractivity contribution in [3.8, 4) is 6.07 Å². The first-order chi connectivity index (χ1) is 8.31. The van der Waals surface area contributed by atoms with Crippen LogP contribution in [-0.2, 0) is 4.79 Å². The first kappa shape index (κ1) is 14.2. The number of nitrogens with zero attached hydrogens (tertiary/aromatic N) is 1. The summed E-state index contributed by atoms with van der Waals surface area (Å²) >= 11 is 0. The fourth-order valence-electron chi connectivity index (χ4n) is 1.59. The minimum Gasteiger partial charge on any atom is -0.351 e. The van der Waals surface area contributed by atoms with E-state index in [0.29, 0.717) is 5.56 Å². The first-order valence-corrected chi connectivity index (χ1v) is 5.78. The Morgan fingerprint density at radius 1 is 1.39 bits per heavy atom. The third-order valence-corrected chi connectivity index (χ3v) is 2.33. The van der Waals surface area contributed by atoms with E-state index in [0.717, 1.165) is 0 Å². The van der Waals surface area contributed by atoms with Crippen LogP contribution in [0, 0.1) is 17.1 Å². The Kier molecular flexibility index (Phi) is 4.43. The number of carbonyl (C=O) groups is 1. The van der Waals surface area contributed by atoms with Gasteiger partial charge >= 0.3 is 0 Å². The van der Waals surface area contributed by atoms with E-state index in [2.05, 4.69) is 11.4 Å². The van der Waals surface area contributed by atoms with Gasteiger partial charge in [-0.25, -0.2) is 4.39 Å². The Morgan fingerprint density at radius 3 is 2.39 bits per heavy atom. The second-order valence-corrected chi connectivity index (χ2v) is 5.24. The van der Waals surface area contributed by atoms with Crippen molar-refractivity contribution in [1.29, 1.82) is 5.26 Å². The number of hydrogen-bond acceptors (Lipinski definition) is 2. The third kappa shape index (κ3) is 4.54. The van der Waals surface area contributed by atoms with Crippen molar-refractivity contribution in [2.75, 3.05) is 0 Å². The molecule has 0 fully saturated rings. The fourth-order valence-corrected chi connectivity index (χ4v) is 1.59. The van der Waals surface area contributed by atoms with Crippen LogP contribution < -0.4 is 5.32 Å². The summed E-state index contributed by atoms with van der Waals surface area (Å²) < 4.78 is 12.8. The summed E-state index contributed by atoms with van der Waals surface area (Å²) in [5, 5.41) is 11.9. The topological polar surface area (TPSA) is 52.9 Å². The fraction of sp³-hybridized carbons (Fsp3) is 0.429. The van der Waals surface area contributed by atoms with E-state index in [4.69, 9.17) is 5.26 Å². The quantitative estimate of drug-likeness (QED) is 0.894. The van der Waals surface area contributed by atoms with E-state index in [1.807, 2.05) is 20.8 Å². The number of halogens is 1. The number of rotatable bonds is 3. The van der Waals surface area contributed by atoms with Crippen molar-refractivity contribution in [3.63, 3.8) is 0 Å². The Bertz CT molecular complexity index is 454. The van der Waals surface area contributed by atoms with Crippen LogP contribution in [0.25, 0.3) is 0 Å². The lowest BCUT2D eigenvalue weighted by atomic mass is 9.96. The van der Waals surface area contributed by atoms with Crippen LogP contribution in [0.3, 0.4) is 0 Å². The van der Waals surface area contributed by atoms with E-state index in [1.165, 1.54) is 24.3 Å². The minimum absolute atomic E-state index is 0.0827. The van der Waals surface area contributed by atoms with E-state index in [1.54, 1.807) is 0 Å². The van der Waals surface area contributed by atoms with Crippen LogP contribution in [-0.4, -0.2) is 11.4 Å². The Morgan fingerprint density at radius 2 is 1.94 bits per heavy atom. The molecule has 1 atom stereocenters. The highest BCUT2D eigenvalue weighted by Crippen LogP contribution is 2.19. The van der Waals surface area contributed by atoms with E-state index in [9.17, 15) is 9.18 Å². The number of carbonyl (C=O) groups excluding carboxylic acids is 1. The molecule has 96 valence electrons. The molecule has 0 aromatic heterocycles. The van der Waals surface area contributed by atoms with Crippen LogP contribution in [0.2, 0.25) is 0 Å². The molecule has 0 bridgehead atoms. The van der Waals surface area contributed by atoms with Gasteiger partial charge in [-0.1, -0.05) is 12.1 Å². The molecule has 0 saturated heterocycles. The van der Waals surface area contributed by atoms with Gasteiger partial charge in [0.15, 0.2) is 0 Å². The molecule has 0 aliphatic carbocycles. The largest absolute Gasteiger partial charge is 0.351 e. The van der Waals surface area contributed by atoms with Crippen molar-refractivity contribution < 1.29 is 9.18 Å². The second-order valence-electron chi connectivity index (χ2n) is 5.24. The molecule has 1 unspecified atom stereocenters. The third-order valence-electron chi connectivity index (χ3n) is 2.33. The maximum absolute atomic E-state index is 12.8. The highest BCUT2D eigenvalue weighted by Gasteiger charge is 2.19. The summed E-state index contributed by atoms with van der Waals surface area (Å²) in [4.78, 5) is 11.7. The molecule has 1 amide bonds. The summed E-state index contributed by atoms with van der Waals surface area (Å²) in [5.41, 5.74) is 0.336. The molecule has 0 spiro atoms. The number of hydrogen-bond donors (Lipinski definition) is 1. The van der Waals surface area contributed by atoms with Crippen molar-refractivity contribution in [2.45, 2.75) is 38.6 Å². The smallest absolute Gasteiger partial charge is 0.222 e. The summed E-state index contributed by atoms with van der Waals surface area (Å²) in [5.74, 6) is -1.08. The van der Waals surface area contributed by atoms with Crippen LogP contribution in [0.4, 0.5) is 4.39 Å². The molecule has 18 heavy (non-hydrogen) atoms. The van der Waals surface area contributed by atoms with Gasteiger partial charge < -0.3 is 5.32 Å². The van der Waals surface area contributed by atoms with Gasteiger partial charge in [0.05, 0.1) is 12.0 Å². The molecule has 4 heteroatoms. The first-order valence-electron chi connectivity index (χ1n) is 5.78. The zero-order chi connectivity index (χ0) is 13.8. The molecule has 0 heterocycles. The van der Waals surface area contributed by atoms with Crippen molar-refractivity contribution in [3.05, 3.63) is 35.6 Å². The van der Waals surface area contributed by atoms with Crippen LogP contribution >= 0.6 is 0 Å².